The minimum absolute atomic E-state index is 0.0137. The standard InChI is InChI=1S/C43H74NO10P/c1-5-6-7-8-9-10-11-12-13-14-15-16-18-22-25-28-43(47)54-41(38-53-55(48,49)52-35-33-44(2,3)4)37-51-42(46)27-24-21-19-17-20-23-26-34-50-40-31-29-39(36-45)30-32-40/h12-13,29-32,36,41H,5-11,14-28,33-35,37-38H2,1-4H3/p+1/b13-12-/t41-/m1/s1. The maximum absolute atomic E-state index is 12.7. The van der Waals surface area contributed by atoms with E-state index in [0.29, 0.717) is 36.0 Å². The van der Waals surface area contributed by atoms with Crippen molar-refractivity contribution in [3.63, 3.8) is 0 Å². The number of benzene rings is 1. The van der Waals surface area contributed by atoms with Gasteiger partial charge in [-0.2, -0.15) is 0 Å². The molecule has 0 aromatic heterocycles. The van der Waals surface area contributed by atoms with Gasteiger partial charge in [0, 0.05) is 18.4 Å². The van der Waals surface area contributed by atoms with Gasteiger partial charge >= 0.3 is 19.8 Å². The Hall–Kier alpha value is -2.56. The molecule has 55 heavy (non-hydrogen) atoms. The second-order valence-electron chi connectivity index (χ2n) is 15.5. The summed E-state index contributed by atoms with van der Waals surface area (Å²) < 4.78 is 39.9. The fourth-order valence-electron chi connectivity index (χ4n) is 5.69. The molecule has 1 rings (SSSR count). The molecule has 0 saturated heterocycles. The molecule has 1 aromatic rings. The lowest BCUT2D eigenvalue weighted by molar-refractivity contribution is -0.870. The number of esters is 2. The summed E-state index contributed by atoms with van der Waals surface area (Å²) in [6, 6.07) is 7.08. The molecule has 0 aliphatic heterocycles. The van der Waals surface area contributed by atoms with Crippen LogP contribution in [0.4, 0.5) is 0 Å². The molecule has 0 bridgehead atoms. The van der Waals surface area contributed by atoms with Crippen LogP contribution < -0.4 is 4.74 Å². The molecular formula is C43H75NO10P+. The van der Waals surface area contributed by atoms with Gasteiger partial charge in [0.05, 0.1) is 34.4 Å². The van der Waals surface area contributed by atoms with Crippen molar-refractivity contribution in [3.05, 3.63) is 42.0 Å². The number of carbonyl (C=O) groups is 3. The number of likely N-dealkylation sites (N-methyl/N-ethyl adjacent to an activating group) is 1. The van der Waals surface area contributed by atoms with Crippen LogP contribution in [-0.4, -0.2) is 87.8 Å². The Balaban J connectivity index is 2.30. The first-order valence-corrected chi connectivity index (χ1v) is 22.5. The normalized spacial score (nSPS) is 13.4. The molecule has 0 amide bonds. The van der Waals surface area contributed by atoms with E-state index in [2.05, 4.69) is 19.1 Å². The smallest absolute Gasteiger partial charge is 0.472 e. The lowest BCUT2D eigenvalue weighted by Gasteiger charge is -2.24. The molecule has 0 heterocycles. The van der Waals surface area contributed by atoms with E-state index in [0.717, 1.165) is 82.7 Å². The number of carbonyl (C=O) groups excluding carboxylic acids is 3. The number of hydrogen-bond acceptors (Lipinski definition) is 9. The molecule has 0 spiro atoms. The van der Waals surface area contributed by atoms with E-state index in [1.165, 1.54) is 44.9 Å². The number of phosphoric ester groups is 1. The van der Waals surface area contributed by atoms with Crippen LogP contribution in [0.5, 0.6) is 5.75 Å². The molecule has 11 nitrogen and oxygen atoms in total. The molecular weight excluding hydrogens is 721 g/mol. The number of ether oxygens (including phenoxy) is 3. The van der Waals surface area contributed by atoms with Crippen LogP contribution in [0.15, 0.2) is 36.4 Å². The summed E-state index contributed by atoms with van der Waals surface area (Å²) in [5, 5.41) is 0. The van der Waals surface area contributed by atoms with E-state index in [-0.39, 0.29) is 26.1 Å². The highest BCUT2D eigenvalue weighted by molar-refractivity contribution is 7.47. The monoisotopic (exact) mass is 797 g/mol. The zero-order valence-electron chi connectivity index (χ0n) is 34.7. The van der Waals surface area contributed by atoms with E-state index in [9.17, 15) is 23.8 Å². The number of allylic oxidation sites excluding steroid dienone is 2. The third-order valence-corrected chi connectivity index (χ3v) is 10.1. The predicted octanol–water partition coefficient (Wildman–Crippen LogP) is 10.3. The fourth-order valence-corrected chi connectivity index (χ4v) is 6.43. The topological polar surface area (TPSA) is 135 Å². The molecule has 2 atom stereocenters. The minimum Gasteiger partial charge on any atom is -0.494 e. The maximum atomic E-state index is 12.7. The third-order valence-electron chi connectivity index (χ3n) is 9.12. The van der Waals surface area contributed by atoms with Gasteiger partial charge in [0.1, 0.15) is 31.8 Å². The van der Waals surface area contributed by atoms with Gasteiger partial charge in [0.15, 0.2) is 6.10 Å². The average Bonchev–Trinajstić information content (AvgIpc) is 3.14. The van der Waals surface area contributed by atoms with E-state index >= 15 is 0 Å². The first kappa shape index (κ1) is 50.5. The van der Waals surface area contributed by atoms with E-state index in [4.69, 9.17) is 23.3 Å². The highest BCUT2D eigenvalue weighted by Gasteiger charge is 2.27. The quantitative estimate of drug-likeness (QED) is 0.0173. The van der Waals surface area contributed by atoms with Crippen LogP contribution >= 0.6 is 7.82 Å². The second kappa shape index (κ2) is 32.5. The number of unbranched alkanes of at least 4 members (excludes halogenated alkanes) is 17. The summed E-state index contributed by atoms with van der Waals surface area (Å²) in [6.07, 6.45) is 26.6. The number of quaternary nitrogens is 1. The Morgan fingerprint density at radius 1 is 0.691 bits per heavy atom. The minimum atomic E-state index is -4.40. The van der Waals surface area contributed by atoms with Crippen molar-refractivity contribution < 1.29 is 51.6 Å². The van der Waals surface area contributed by atoms with Crippen LogP contribution in [0.1, 0.15) is 159 Å². The molecule has 12 heteroatoms. The van der Waals surface area contributed by atoms with Crippen LogP contribution in [0.3, 0.4) is 0 Å². The SMILES string of the molecule is CCCCCCCC/C=C\CCCCCCCC(=O)O[C@H](COC(=O)CCCCCCCCCOc1ccc(C=O)cc1)COP(=O)(O)OCC[N+](C)(C)C. The first-order chi connectivity index (χ1) is 26.4. The van der Waals surface area contributed by atoms with Crippen LogP contribution in [0.25, 0.3) is 0 Å². The molecule has 1 N–H and O–H groups in total. The van der Waals surface area contributed by atoms with Crippen molar-refractivity contribution in [1.82, 2.24) is 0 Å². The van der Waals surface area contributed by atoms with Gasteiger partial charge in [-0.15, -0.1) is 0 Å². The number of rotatable bonds is 37. The molecule has 1 aromatic carbocycles. The molecule has 0 radical (unpaired) electrons. The molecule has 1 unspecified atom stereocenters. The van der Waals surface area contributed by atoms with Crippen LogP contribution in [-0.2, 0) is 32.7 Å². The van der Waals surface area contributed by atoms with E-state index in [1.54, 1.807) is 24.3 Å². The van der Waals surface area contributed by atoms with Crippen molar-refractivity contribution in [1.29, 1.82) is 0 Å². The molecule has 0 saturated carbocycles. The van der Waals surface area contributed by atoms with Gasteiger partial charge in [-0.05, 0) is 69.2 Å². The highest BCUT2D eigenvalue weighted by atomic mass is 31.2. The summed E-state index contributed by atoms with van der Waals surface area (Å²) in [7, 11) is 1.41. The van der Waals surface area contributed by atoms with Crippen molar-refractivity contribution in [2.45, 2.75) is 154 Å². The zero-order valence-corrected chi connectivity index (χ0v) is 35.6. The summed E-state index contributed by atoms with van der Waals surface area (Å²) in [6.45, 7) is 2.69. The van der Waals surface area contributed by atoms with E-state index < -0.39 is 32.5 Å². The van der Waals surface area contributed by atoms with Gasteiger partial charge < -0.3 is 23.6 Å². The van der Waals surface area contributed by atoms with E-state index in [1.807, 2.05) is 21.1 Å². The highest BCUT2D eigenvalue weighted by Crippen LogP contribution is 2.43. The zero-order chi connectivity index (χ0) is 40.5. The summed E-state index contributed by atoms with van der Waals surface area (Å²) in [5.74, 6) is -0.111. The van der Waals surface area contributed by atoms with Gasteiger partial charge in [-0.25, -0.2) is 4.57 Å². The van der Waals surface area contributed by atoms with Crippen molar-refractivity contribution in [3.8, 4) is 5.75 Å². The summed E-state index contributed by atoms with van der Waals surface area (Å²) in [5.41, 5.74) is 0.627. The number of phosphoric acid groups is 1. The lowest BCUT2D eigenvalue weighted by atomic mass is 10.1. The maximum Gasteiger partial charge on any atom is 0.472 e. The Bertz CT molecular complexity index is 1200. The lowest BCUT2D eigenvalue weighted by Crippen LogP contribution is -2.37. The average molecular weight is 797 g/mol. The molecule has 0 aliphatic rings. The Morgan fingerprint density at radius 2 is 1.22 bits per heavy atom. The first-order valence-electron chi connectivity index (χ1n) is 21.0. The Kier molecular flexibility index (Phi) is 29.8. The van der Waals surface area contributed by atoms with Crippen molar-refractivity contribution in [2.75, 3.05) is 54.1 Å². The van der Waals surface area contributed by atoms with Crippen molar-refractivity contribution >= 4 is 26.0 Å². The second-order valence-corrected chi connectivity index (χ2v) is 17.0. The van der Waals surface area contributed by atoms with Crippen LogP contribution in [0, 0.1) is 0 Å². The molecule has 316 valence electrons. The summed E-state index contributed by atoms with van der Waals surface area (Å²) >= 11 is 0. The Morgan fingerprint density at radius 3 is 1.78 bits per heavy atom. The predicted molar refractivity (Wildman–Crippen MR) is 219 cm³/mol. The number of hydrogen-bond donors (Lipinski definition) is 1. The Labute approximate surface area is 333 Å². The molecule has 0 fully saturated rings. The summed E-state index contributed by atoms with van der Waals surface area (Å²) in [4.78, 5) is 46.1. The van der Waals surface area contributed by atoms with Gasteiger partial charge in [0.2, 0.25) is 0 Å². The number of nitrogens with zero attached hydrogens (tertiary/aromatic N) is 1. The third kappa shape index (κ3) is 32.3. The van der Waals surface area contributed by atoms with Crippen LogP contribution in [0.2, 0.25) is 0 Å². The molecule has 0 aliphatic carbocycles. The largest absolute Gasteiger partial charge is 0.494 e. The van der Waals surface area contributed by atoms with Crippen molar-refractivity contribution in [2.24, 2.45) is 0 Å². The van der Waals surface area contributed by atoms with Gasteiger partial charge in [-0.3, -0.25) is 23.4 Å². The fraction of sp³-hybridized carbons (Fsp3) is 0.744. The number of aldehydes is 1. The van der Waals surface area contributed by atoms with Gasteiger partial charge in [0.25, 0.3) is 0 Å². The van der Waals surface area contributed by atoms with Gasteiger partial charge in [-0.1, -0.05) is 103 Å².